The number of aryl methyl sites for hydroxylation is 1. The monoisotopic (exact) mass is 541 g/mol. The van der Waals surface area contributed by atoms with Crippen LogP contribution in [0.4, 0.5) is 0 Å². The maximum absolute atomic E-state index is 8.24. The number of aromatic nitrogens is 2. The van der Waals surface area contributed by atoms with Crippen LogP contribution in [0.15, 0.2) is 146 Å². The lowest BCUT2D eigenvalue weighted by Crippen LogP contribution is -1.94. The summed E-state index contributed by atoms with van der Waals surface area (Å²) in [5.41, 5.74) is 13.3. The smallest absolute Gasteiger partial charge is 0.0708 e. The molecule has 6 aromatic rings. The van der Waals surface area contributed by atoms with Crippen LogP contribution < -0.4 is 0 Å². The lowest BCUT2D eigenvalue weighted by atomic mass is 9.91. The first-order chi connectivity index (χ1) is 20.6. The average Bonchev–Trinajstić information content (AvgIpc) is 3.06. The minimum absolute atomic E-state index is 0.508. The number of rotatable bonds is 7. The van der Waals surface area contributed by atoms with Crippen LogP contribution in [-0.2, 0) is 0 Å². The van der Waals surface area contributed by atoms with Crippen molar-refractivity contribution in [3.05, 3.63) is 157 Å². The molecule has 0 aliphatic rings. The van der Waals surface area contributed by atoms with E-state index < -0.39 is 0 Å². The topological polar surface area (TPSA) is 49.6 Å². The second kappa shape index (κ2) is 12.0. The number of hydrogen-bond acceptors (Lipinski definition) is 3. The van der Waals surface area contributed by atoms with Crippen LogP contribution in [0.5, 0.6) is 0 Å². The lowest BCUT2D eigenvalue weighted by Gasteiger charge is -2.14. The summed E-state index contributed by atoms with van der Waals surface area (Å²) in [6.45, 7) is 3.98. The molecule has 3 heteroatoms. The van der Waals surface area contributed by atoms with Gasteiger partial charge in [0.25, 0.3) is 0 Å². The van der Waals surface area contributed by atoms with Gasteiger partial charge in [0.05, 0.1) is 17.1 Å². The zero-order chi connectivity index (χ0) is 28.9. The van der Waals surface area contributed by atoms with Crippen LogP contribution >= 0.6 is 0 Å². The van der Waals surface area contributed by atoms with E-state index in [1.165, 1.54) is 0 Å². The average molecular weight is 542 g/mol. The molecule has 0 atom stereocenters. The van der Waals surface area contributed by atoms with Crippen molar-refractivity contribution >= 4 is 5.71 Å². The number of hydrogen-bond donors (Lipinski definition) is 1. The maximum atomic E-state index is 8.24. The van der Waals surface area contributed by atoms with Gasteiger partial charge in [-0.25, -0.2) is 0 Å². The van der Waals surface area contributed by atoms with Gasteiger partial charge in [0.15, 0.2) is 0 Å². The molecule has 4 aromatic carbocycles. The predicted molar refractivity (Wildman–Crippen MR) is 176 cm³/mol. The van der Waals surface area contributed by atoms with Gasteiger partial charge in [0.1, 0.15) is 0 Å². The molecule has 42 heavy (non-hydrogen) atoms. The van der Waals surface area contributed by atoms with Crippen molar-refractivity contribution in [2.45, 2.75) is 13.8 Å². The molecular formula is C39H31N3. The van der Waals surface area contributed by atoms with E-state index in [1.54, 1.807) is 0 Å². The Morgan fingerprint density at radius 1 is 0.548 bits per heavy atom. The van der Waals surface area contributed by atoms with E-state index in [0.29, 0.717) is 5.71 Å². The SMILES string of the molecule is C/C=C\C(=N)c1ccc(-c2ccc(-c3ccc(-c4ccccc4)cn3)c(-c3ccc(-c4ccc(C)cn4)cc3)c2)cc1. The molecule has 2 heterocycles. The summed E-state index contributed by atoms with van der Waals surface area (Å²) in [7, 11) is 0. The van der Waals surface area contributed by atoms with E-state index in [0.717, 1.165) is 67.0 Å². The molecular weight excluding hydrogens is 510 g/mol. The lowest BCUT2D eigenvalue weighted by molar-refractivity contribution is 1.27. The Kier molecular flexibility index (Phi) is 7.65. The summed E-state index contributed by atoms with van der Waals surface area (Å²) < 4.78 is 0. The van der Waals surface area contributed by atoms with Gasteiger partial charge in [-0.3, -0.25) is 9.97 Å². The third kappa shape index (κ3) is 5.72. The summed E-state index contributed by atoms with van der Waals surface area (Å²) in [6.07, 6.45) is 7.56. The Bertz CT molecular complexity index is 1850. The van der Waals surface area contributed by atoms with Gasteiger partial charge in [-0.15, -0.1) is 0 Å². The van der Waals surface area contributed by atoms with E-state index in [1.807, 2.05) is 61.8 Å². The quantitative estimate of drug-likeness (QED) is 0.204. The van der Waals surface area contributed by atoms with Crippen molar-refractivity contribution in [3.8, 4) is 55.9 Å². The van der Waals surface area contributed by atoms with E-state index in [4.69, 9.17) is 10.4 Å². The molecule has 0 aliphatic heterocycles. The van der Waals surface area contributed by atoms with Crippen molar-refractivity contribution < 1.29 is 0 Å². The molecule has 0 radical (unpaired) electrons. The normalized spacial score (nSPS) is 11.1. The van der Waals surface area contributed by atoms with Crippen LogP contribution in [0.3, 0.4) is 0 Å². The number of nitrogens with zero attached hydrogens (tertiary/aromatic N) is 2. The van der Waals surface area contributed by atoms with Gasteiger partial charge in [0.2, 0.25) is 0 Å². The van der Waals surface area contributed by atoms with E-state index in [2.05, 4.69) is 103 Å². The second-order valence-electron chi connectivity index (χ2n) is 10.3. The Morgan fingerprint density at radius 3 is 1.83 bits per heavy atom. The second-order valence-corrected chi connectivity index (χ2v) is 10.3. The van der Waals surface area contributed by atoms with Gasteiger partial charge in [-0.05, 0) is 77.1 Å². The molecule has 0 saturated heterocycles. The molecule has 1 N–H and O–H groups in total. The highest BCUT2D eigenvalue weighted by Gasteiger charge is 2.13. The first kappa shape index (κ1) is 26.8. The summed E-state index contributed by atoms with van der Waals surface area (Å²) in [5.74, 6) is 0. The van der Waals surface area contributed by atoms with Crippen LogP contribution in [-0.4, -0.2) is 15.7 Å². The molecule has 202 valence electrons. The zero-order valence-corrected chi connectivity index (χ0v) is 23.8. The van der Waals surface area contributed by atoms with Gasteiger partial charge < -0.3 is 5.41 Å². The van der Waals surface area contributed by atoms with Gasteiger partial charge in [0, 0.05) is 29.1 Å². The standard InChI is InChI=1S/C39H31N3/c1-3-7-37(40)31-15-11-29(12-16-31)33-19-21-35(39-23-20-34(26-42-39)28-8-5-4-6-9-28)36(24-33)30-13-17-32(18-14-30)38-22-10-27(2)25-41-38/h3-26,40H,1-2H3/b7-3-,40-37?. The van der Waals surface area contributed by atoms with Crippen LogP contribution in [0.25, 0.3) is 55.9 Å². The predicted octanol–water partition coefficient (Wildman–Crippen LogP) is 10.1. The minimum Gasteiger partial charge on any atom is -0.300 e. The molecule has 6 rings (SSSR count). The Labute approximate surface area is 247 Å². The molecule has 0 saturated carbocycles. The van der Waals surface area contributed by atoms with Crippen LogP contribution in [0.2, 0.25) is 0 Å². The first-order valence-electron chi connectivity index (χ1n) is 14.1. The van der Waals surface area contributed by atoms with Crippen molar-refractivity contribution in [2.75, 3.05) is 0 Å². The molecule has 0 bridgehead atoms. The number of nitrogens with one attached hydrogen (secondary N) is 1. The van der Waals surface area contributed by atoms with Crippen LogP contribution in [0.1, 0.15) is 18.1 Å². The number of pyridine rings is 2. The van der Waals surface area contributed by atoms with Crippen molar-refractivity contribution in [2.24, 2.45) is 0 Å². The highest BCUT2D eigenvalue weighted by Crippen LogP contribution is 2.36. The van der Waals surface area contributed by atoms with Crippen molar-refractivity contribution in [1.29, 1.82) is 5.41 Å². The Hall–Kier alpha value is -5.41. The van der Waals surface area contributed by atoms with E-state index >= 15 is 0 Å². The summed E-state index contributed by atoms with van der Waals surface area (Å²) in [4.78, 5) is 9.50. The highest BCUT2D eigenvalue weighted by molar-refractivity contribution is 6.06. The van der Waals surface area contributed by atoms with E-state index in [9.17, 15) is 0 Å². The number of allylic oxidation sites excluding steroid dienone is 2. The molecule has 3 nitrogen and oxygen atoms in total. The summed E-state index contributed by atoms with van der Waals surface area (Å²) in [6, 6.07) is 42.1. The first-order valence-corrected chi connectivity index (χ1v) is 14.1. The fourth-order valence-corrected chi connectivity index (χ4v) is 5.10. The maximum Gasteiger partial charge on any atom is 0.0708 e. The molecule has 0 aliphatic carbocycles. The van der Waals surface area contributed by atoms with Crippen molar-refractivity contribution in [1.82, 2.24) is 9.97 Å². The Balaban J connectivity index is 1.41. The largest absolute Gasteiger partial charge is 0.300 e. The zero-order valence-electron chi connectivity index (χ0n) is 23.8. The molecule has 0 fully saturated rings. The fraction of sp³-hybridized carbons (Fsp3) is 0.0513. The third-order valence-electron chi connectivity index (χ3n) is 7.43. The molecule has 0 amide bonds. The van der Waals surface area contributed by atoms with Gasteiger partial charge in [-0.1, -0.05) is 109 Å². The minimum atomic E-state index is 0.508. The Morgan fingerprint density at radius 2 is 1.17 bits per heavy atom. The highest BCUT2D eigenvalue weighted by atomic mass is 14.7. The third-order valence-corrected chi connectivity index (χ3v) is 7.43. The molecule has 2 aromatic heterocycles. The number of benzene rings is 4. The summed E-state index contributed by atoms with van der Waals surface area (Å²) >= 11 is 0. The molecule has 0 spiro atoms. The summed E-state index contributed by atoms with van der Waals surface area (Å²) in [5, 5.41) is 8.24. The van der Waals surface area contributed by atoms with Gasteiger partial charge in [-0.2, -0.15) is 0 Å². The molecule has 0 unspecified atom stereocenters. The van der Waals surface area contributed by atoms with Crippen molar-refractivity contribution in [3.63, 3.8) is 0 Å². The van der Waals surface area contributed by atoms with Gasteiger partial charge >= 0.3 is 0 Å². The van der Waals surface area contributed by atoms with E-state index in [-0.39, 0.29) is 0 Å². The fourth-order valence-electron chi connectivity index (χ4n) is 5.10. The van der Waals surface area contributed by atoms with Crippen LogP contribution in [0, 0.1) is 12.3 Å².